The summed E-state index contributed by atoms with van der Waals surface area (Å²) in [6, 6.07) is 14.4. The molecule has 1 aliphatic heterocycles. The number of carbonyl (C=O) groups excluding carboxylic acids is 1. The zero-order valence-electron chi connectivity index (χ0n) is 12.0. The highest BCUT2D eigenvalue weighted by molar-refractivity contribution is 5.97. The number of Topliss-reactive ketones (excluding diaryl/α,β-unsaturated/α-hetero) is 1. The summed E-state index contributed by atoms with van der Waals surface area (Å²) in [5.41, 5.74) is 0.547. The number of rotatable bonds is 4. The van der Waals surface area contributed by atoms with E-state index in [9.17, 15) is 4.79 Å². The van der Waals surface area contributed by atoms with E-state index in [4.69, 9.17) is 14.2 Å². The summed E-state index contributed by atoms with van der Waals surface area (Å²) >= 11 is 0. The lowest BCUT2D eigenvalue weighted by Gasteiger charge is -2.16. The van der Waals surface area contributed by atoms with Crippen LogP contribution in [-0.4, -0.2) is 18.2 Å². The Balaban J connectivity index is 1.69. The molecule has 0 unspecified atom stereocenters. The highest BCUT2D eigenvalue weighted by atomic mass is 16.7. The molecule has 0 aliphatic carbocycles. The van der Waals surface area contributed by atoms with Gasteiger partial charge in [0.25, 0.3) is 0 Å². The van der Waals surface area contributed by atoms with Gasteiger partial charge in [0.15, 0.2) is 23.9 Å². The van der Waals surface area contributed by atoms with Crippen LogP contribution < -0.4 is 14.2 Å². The molecule has 0 spiro atoms. The maximum absolute atomic E-state index is 12.2. The maximum atomic E-state index is 12.2. The van der Waals surface area contributed by atoms with Gasteiger partial charge in [0.2, 0.25) is 5.79 Å². The predicted octanol–water partition coefficient (Wildman–Crippen LogP) is 3.46. The van der Waals surface area contributed by atoms with Crippen LogP contribution >= 0.6 is 0 Å². The molecule has 2 aromatic carbocycles. The molecular weight excluding hydrogens is 268 g/mol. The number of benzene rings is 2. The van der Waals surface area contributed by atoms with E-state index < -0.39 is 5.79 Å². The molecule has 4 nitrogen and oxygen atoms in total. The van der Waals surface area contributed by atoms with Crippen LogP contribution in [0.2, 0.25) is 0 Å². The lowest BCUT2D eigenvalue weighted by Crippen LogP contribution is -2.29. The average Bonchev–Trinajstić information content (AvgIpc) is 2.78. The van der Waals surface area contributed by atoms with E-state index in [1.54, 1.807) is 18.2 Å². The molecule has 0 N–H and O–H groups in total. The molecule has 4 heteroatoms. The van der Waals surface area contributed by atoms with Crippen LogP contribution in [0.25, 0.3) is 0 Å². The van der Waals surface area contributed by atoms with Crippen molar-refractivity contribution in [3.8, 4) is 17.2 Å². The molecular formula is C17H16O4. The summed E-state index contributed by atoms with van der Waals surface area (Å²) in [6.07, 6.45) is 0. The van der Waals surface area contributed by atoms with Crippen molar-refractivity contribution in [2.45, 2.75) is 19.6 Å². The van der Waals surface area contributed by atoms with Gasteiger partial charge in [0.1, 0.15) is 5.75 Å². The Bertz CT molecular complexity index is 662. The Labute approximate surface area is 123 Å². The Kier molecular flexibility index (Phi) is 3.29. The lowest BCUT2D eigenvalue weighted by atomic mass is 10.1. The molecule has 3 rings (SSSR count). The van der Waals surface area contributed by atoms with Crippen LogP contribution in [-0.2, 0) is 0 Å². The first kappa shape index (κ1) is 13.5. The van der Waals surface area contributed by atoms with Gasteiger partial charge in [-0.25, -0.2) is 0 Å². The molecule has 108 valence electrons. The van der Waals surface area contributed by atoms with Gasteiger partial charge in [-0.2, -0.15) is 0 Å². The topological polar surface area (TPSA) is 44.8 Å². The van der Waals surface area contributed by atoms with Crippen molar-refractivity contribution >= 4 is 5.78 Å². The van der Waals surface area contributed by atoms with Crippen LogP contribution in [0.4, 0.5) is 0 Å². The van der Waals surface area contributed by atoms with Gasteiger partial charge in [-0.3, -0.25) is 4.79 Å². The summed E-state index contributed by atoms with van der Waals surface area (Å²) in [5, 5.41) is 0. The van der Waals surface area contributed by atoms with E-state index in [1.807, 2.05) is 44.2 Å². The van der Waals surface area contributed by atoms with Gasteiger partial charge in [-0.15, -0.1) is 0 Å². The molecule has 0 aromatic heterocycles. The fourth-order valence-corrected chi connectivity index (χ4v) is 2.14. The fourth-order valence-electron chi connectivity index (χ4n) is 2.14. The minimum Gasteiger partial charge on any atom is -0.485 e. The van der Waals surface area contributed by atoms with Gasteiger partial charge in [-0.05, 0) is 30.3 Å². The predicted molar refractivity (Wildman–Crippen MR) is 78.0 cm³/mol. The summed E-state index contributed by atoms with van der Waals surface area (Å²) in [4.78, 5) is 12.2. The van der Waals surface area contributed by atoms with E-state index in [-0.39, 0.29) is 12.4 Å². The highest BCUT2D eigenvalue weighted by Gasteiger charge is 2.32. The first-order chi connectivity index (χ1) is 10.0. The second kappa shape index (κ2) is 5.13. The SMILES string of the molecule is CC1(C)Oc2ccc(C(=O)COc3ccccc3)cc2O1. The minimum absolute atomic E-state index is 0.00689. The van der Waals surface area contributed by atoms with Crippen molar-refractivity contribution in [3.63, 3.8) is 0 Å². The van der Waals surface area contributed by atoms with E-state index in [1.165, 1.54) is 0 Å². The van der Waals surface area contributed by atoms with Crippen molar-refractivity contribution in [3.05, 3.63) is 54.1 Å². The number of carbonyl (C=O) groups is 1. The molecule has 21 heavy (non-hydrogen) atoms. The molecule has 0 radical (unpaired) electrons. The highest BCUT2D eigenvalue weighted by Crippen LogP contribution is 2.39. The minimum atomic E-state index is -0.690. The van der Waals surface area contributed by atoms with E-state index in [0.29, 0.717) is 22.8 Å². The zero-order chi connectivity index (χ0) is 14.9. The smallest absolute Gasteiger partial charge is 0.246 e. The number of ketones is 1. The Morgan fingerprint density at radius 2 is 1.76 bits per heavy atom. The van der Waals surface area contributed by atoms with E-state index >= 15 is 0 Å². The molecule has 0 amide bonds. The molecule has 1 heterocycles. The quantitative estimate of drug-likeness (QED) is 0.807. The zero-order valence-corrected chi connectivity index (χ0v) is 12.0. The van der Waals surface area contributed by atoms with Crippen molar-refractivity contribution in [2.24, 2.45) is 0 Å². The number of fused-ring (bicyclic) bond motifs is 1. The standard InChI is InChI=1S/C17H16O4/c1-17(2)20-15-9-8-12(10-16(15)21-17)14(18)11-19-13-6-4-3-5-7-13/h3-10H,11H2,1-2H3. The molecule has 0 saturated carbocycles. The van der Waals surface area contributed by atoms with Gasteiger partial charge >= 0.3 is 0 Å². The van der Waals surface area contributed by atoms with Crippen molar-refractivity contribution in [2.75, 3.05) is 6.61 Å². The van der Waals surface area contributed by atoms with Crippen molar-refractivity contribution in [1.29, 1.82) is 0 Å². The van der Waals surface area contributed by atoms with Crippen LogP contribution in [0.3, 0.4) is 0 Å². The normalized spacial score (nSPS) is 14.8. The van der Waals surface area contributed by atoms with Gasteiger partial charge in [0.05, 0.1) is 0 Å². The summed E-state index contributed by atoms with van der Waals surface area (Å²) in [5.74, 6) is 1.12. The van der Waals surface area contributed by atoms with Gasteiger partial charge in [-0.1, -0.05) is 18.2 Å². The average molecular weight is 284 g/mol. The summed E-state index contributed by atoms with van der Waals surface area (Å²) < 4.78 is 16.7. The van der Waals surface area contributed by atoms with Crippen molar-refractivity contribution < 1.29 is 19.0 Å². The third-order valence-electron chi connectivity index (χ3n) is 3.09. The summed E-state index contributed by atoms with van der Waals surface area (Å²) in [6.45, 7) is 3.65. The third kappa shape index (κ3) is 2.99. The molecule has 0 saturated heterocycles. The molecule has 0 bridgehead atoms. The first-order valence-electron chi connectivity index (χ1n) is 6.77. The van der Waals surface area contributed by atoms with Crippen LogP contribution in [0.1, 0.15) is 24.2 Å². The number of ether oxygens (including phenoxy) is 3. The Hall–Kier alpha value is -2.49. The fraction of sp³-hybridized carbons (Fsp3) is 0.235. The van der Waals surface area contributed by atoms with E-state index in [2.05, 4.69) is 0 Å². The largest absolute Gasteiger partial charge is 0.485 e. The van der Waals surface area contributed by atoms with Crippen molar-refractivity contribution in [1.82, 2.24) is 0 Å². The maximum Gasteiger partial charge on any atom is 0.246 e. The van der Waals surface area contributed by atoms with Crippen LogP contribution in [0.15, 0.2) is 48.5 Å². The molecule has 0 fully saturated rings. The monoisotopic (exact) mass is 284 g/mol. The second-order valence-corrected chi connectivity index (χ2v) is 5.29. The number of hydrogen-bond donors (Lipinski definition) is 0. The van der Waals surface area contributed by atoms with Crippen LogP contribution in [0.5, 0.6) is 17.2 Å². The Morgan fingerprint density at radius 3 is 2.52 bits per heavy atom. The molecule has 1 aliphatic rings. The van der Waals surface area contributed by atoms with Crippen LogP contribution in [0, 0.1) is 0 Å². The van der Waals surface area contributed by atoms with Gasteiger partial charge < -0.3 is 14.2 Å². The van der Waals surface area contributed by atoms with Gasteiger partial charge in [0, 0.05) is 19.4 Å². The second-order valence-electron chi connectivity index (χ2n) is 5.29. The molecule has 0 atom stereocenters. The lowest BCUT2D eigenvalue weighted by molar-refractivity contribution is -0.0431. The first-order valence-corrected chi connectivity index (χ1v) is 6.77. The number of para-hydroxylation sites is 1. The molecule has 2 aromatic rings. The summed E-state index contributed by atoms with van der Waals surface area (Å²) in [7, 11) is 0. The third-order valence-corrected chi connectivity index (χ3v) is 3.09. The van der Waals surface area contributed by atoms with E-state index in [0.717, 1.165) is 0 Å². The Morgan fingerprint density at radius 1 is 1.05 bits per heavy atom. The number of hydrogen-bond acceptors (Lipinski definition) is 4.